The fraction of sp³-hybridized carbons (Fsp3) is 0.333. The Morgan fingerprint density at radius 2 is 1.92 bits per heavy atom. The highest BCUT2D eigenvalue weighted by Crippen LogP contribution is 2.24. The number of aromatic nitrogens is 1. The molecule has 3 aromatic rings. The number of quaternary nitrogens is 1. The number of rotatable bonds is 7. The van der Waals surface area contributed by atoms with Gasteiger partial charge >= 0.3 is 0 Å². The van der Waals surface area contributed by atoms with Gasteiger partial charge in [-0.05, 0) is 43.5 Å². The molecule has 0 saturated heterocycles. The highest BCUT2D eigenvalue weighted by Gasteiger charge is 2.21. The van der Waals surface area contributed by atoms with Gasteiger partial charge in [0.15, 0.2) is 11.6 Å². The van der Waals surface area contributed by atoms with Gasteiger partial charge in [-0.2, -0.15) is 0 Å². The van der Waals surface area contributed by atoms with E-state index < -0.39 is 0 Å². The number of para-hydroxylation sites is 1. The predicted octanol–water partition coefficient (Wildman–Crippen LogP) is 2.54. The van der Waals surface area contributed by atoms with Crippen LogP contribution in [0.2, 0.25) is 0 Å². The number of carbonyl (C=O) groups is 1. The van der Waals surface area contributed by atoms with Crippen molar-refractivity contribution in [2.24, 2.45) is 0 Å². The maximum absolute atomic E-state index is 12.3. The minimum absolute atomic E-state index is 0.0871. The number of fused-ring (bicyclic) bond motifs is 1. The molecule has 1 amide bonds. The molecule has 1 aromatic heterocycles. The van der Waals surface area contributed by atoms with Crippen LogP contribution in [0, 0.1) is 6.92 Å². The first-order chi connectivity index (χ1) is 12.5. The summed E-state index contributed by atoms with van der Waals surface area (Å²) in [7, 11) is 2.05. The second-order valence-electron chi connectivity index (χ2n) is 6.79. The molecule has 0 aliphatic carbocycles. The van der Waals surface area contributed by atoms with Crippen LogP contribution in [-0.2, 0) is 11.2 Å². The third-order valence-corrected chi connectivity index (χ3v) is 6.06. The molecule has 2 N–H and O–H groups in total. The van der Waals surface area contributed by atoms with E-state index in [-0.39, 0.29) is 11.9 Å². The summed E-state index contributed by atoms with van der Waals surface area (Å²) in [6.07, 6.45) is 0.866. The molecule has 0 aliphatic rings. The van der Waals surface area contributed by atoms with Gasteiger partial charge in [0.05, 0.1) is 17.3 Å². The predicted molar refractivity (Wildman–Crippen MR) is 108 cm³/mol. The Bertz CT molecular complexity index is 857. The molecular weight excluding hydrogens is 342 g/mol. The van der Waals surface area contributed by atoms with Crippen LogP contribution in [-0.4, -0.2) is 31.0 Å². The Hall–Kier alpha value is -2.24. The van der Waals surface area contributed by atoms with Crippen LogP contribution >= 0.6 is 11.3 Å². The fourth-order valence-corrected chi connectivity index (χ4v) is 4.09. The molecule has 0 bridgehead atoms. The van der Waals surface area contributed by atoms with Crippen LogP contribution in [0.15, 0.2) is 48.5 Å². The second kappa shape index (κ2) is 8.43. The number of likely N-dealkylation sites (N-methyl/N-ethyl adjacent to an activating group) is 1. The van der Waals surface area contributed by atoms with Crippen LogP contribution in [0.25, 0.3) is 10.2 Å². The molecule has 5 heteroatoms. The molecule has 4 nitrogen and oxygen atoms in total. The van der Waals surface area contributed by atoms with Crippen molar-refractivity contribution < 1.29 is 9.69 Å². The van der Waals surface area contributed by atoms with E-state index in [0.29, 0.717) is 13.1 Å². The van der Waals surface area contributed by atoms with Crippen molar-refractivity contribution in [1.82, 2.24) is 10.3 Å². The monoisotopic (exact) mass is 368 g/mol. The number of hydrogen-bond donors (Lipinski definition) is 2. The van der Waals surface area contributed by atoms with Crippen molar-refractivity contribution in [2.45, 2.75) is 26.3 Å². The number of nitrogens with one attached hydrogen (secondary N) is 2. The van der Waals surface area contributed by atoms with Gasteiger partial charge in [0.2, 0.25) is 0 Å². The van der Waals surface area contributed by atoms with Crippen molar-refractivity contribution in [2.75, 3.05) is 20.1 Å². The van der Waals surface area contributed by atoms with Gasteiger partial charge in [0.25, 0.3) is 5.91 Å². The Balaban J connectivity index is 1.51. The molecule has 1 unspecified atom stereocenters. The lowest BCUT2D eigenvalue weighted by Crippen LogP contribution is -3.10. The molecule has 3 rings (SSSR count). The number of thiazole rings is 1. The first-order valence-electron chi connectivity index (χ1n) is 9.03. The Morgan fingerprint density at radius 3 is 2.69 bits per heavy atom. The number of amides is 1. The number of carbonyl (C=O) groups excluding carboxylic acids is 1. The number of nitrogens with zero attached hydrogens (tertiary/aromatic N) is 1. The standard InChI is InChI=1S/C21H25N3OS/c1-15-8-4-5-9-17(15)12-13-22-20(25)14-24(3)16(2)21-23-18-10-6-7-11-19(18)26-21/h4-11,16H,12-14H2,1-3H3,(H,22,25)/p+1/t16-/m1/s1. The summed E-state index contributed by atoms with van der Waals surface area (Å²) in [4.78, 5) is 18.2. The summed E-state index contributed by atoms with van der Waals surface area (Å²) in [6.45, 7) is 5.36. The lowest BCUT2D eigenvalue weighted by Gasteiger charge is -2.19. The molecule has 2 atom stereocenters. The average Bonchev–Trinajstić information content (AvgIpc) is 3.06. The van der Waals surface area contributed by atoms with Crippen molar-refractivity contribution in [3.8, 4) is 0 Å². The van der Waals surface area contributed by atoms with Crippen LogP contribution in [0.3, 0.4) is 0 Å². The van der Waals surface area contributed by atoms with Gasteiger partial charge in [-0.25, -0.2) is 4.98 Å². The third kappa shape index (κ3) is 4.48. The van der Waals surface area contributed by atoms with E-state index in [4.69, 9.17) is 4.98 Å². The van der Waals surface area contributed by atoms with Gasteiger partial charge in [0.1, 0.15) is 6.04 Å². The summed E-state index contributed by atoms with van der Waals surface area (Å²) >= 11 is 1.71. The van der Waals surface area contributed by atoms with Crippen LogP contribution in [0.1, 0.15) is 29.1 Å². The van der Waals surface area contributed by atoms with E-state index in [2.05, 4.69) is 44.4 Å². The lowest BCUT2D eigenvalue weighted by atomic mass is 10.1. The smallest absolute Gasteiger partial charge is 0.275 e. The summed E-state index contributed by atoms with van der Waals surface area (Å²) in [6, 6.07) is 16.7. The maximum atomic E-state index is 12.3. The minimum atomic E-state index is 0.0871. The Kier molecular flexibility index (Phi) is 6.01. The lowest BCUT2D eigenvalue weighted by molar-refractivity contribution is -0.902. The molecule has 0 aliphatic heterocycles. The number of hydrogen-bond acceptors (Lipinski definition) is 3. The molecular formula is C21H26N3OS+. The van der Waals surface area contributed by atoms with Crippen molar-refractivity contribution in [3.63, 3.8) is 0 Å². The Morgan fingerprint density at radius 1 is 1.19 bits per heavy atom. The Labute approximate surface area is 158 Å². The third-order valence-electron chi connectivity index (χ3n) is 4.84. The van der Waals surface area contributed by atoms with Gasteiger partial charge in [-0.15, -0.1) is 11.3 Å². The normalized spacial score (nSPS) is 13.5. The van der Waals surface area contributed by atoms with E-state index in [9.17, 15) is 4.79 Å². The molecule has 136 valence electrons. The maximum Gasteiger partial charge on any atom is 0.275 e. The minimum Gasteiger partial charge on any atom is -0.351 e. The SMILES string of the molecule is Cc1ccccc1CCNC(=O)C[NH+](C)[C@H](C)c1nc2ccccc2s1. The summed E-state index contributed by atoms with van der Waals surface area (Å²) in [5.41, 5.74) is 3.60. The zero-order valence-corrected chi connectivity index (χ0v) is 16.4. The van der Waals surface area contributed by atoms with Crippen molar-refractivity contribution in [1.29, 1.82) is 0 Å². The van der Waals surface area contributed by atoms with Crippen molar-refractivity contribution in [3.05, 3.63) is 64.7 Å². The quantitative estimate of drug-likeness (QED) is 0.673. The van der Waals surface area contributed by atoms with Crippen LogP contribution < -0.4 is 10.2 Å². The van der Waals surface area contributed by atoms with Gasteiger partial charge in [-0.1, -0.05) is 36.4 Å². The first kappa shape index (κ1) is 18.5. The van der Waals surface area contributed by atoms with E-state index in [1.807, 2.05) is 30.3 Å². The zero-order valence-electron chi connectivity index (χ0n) is 15.6. The zero-order chi connectivity index (χ0) is 18.5. The molecule has 0 fully saturated rings. The topological polar surface area (TPSA) is 46.4 Å². The first-order valence-corrected chi connectivity index (χ1v) is 9.85. The largest absolute Gasteiger partial charge is 0.351 e. The summed E-state index contributed by atoms with van der Waals surface area (Å²) in [5, 5.41) is 4.13. The van der Waals surface area contributed by atoms with E-state index in [1.54, 1.807) is 11.3 Å². The highest BCUT2D eigenvalue weighted by molar-refractivity contribution is 7.18. The molecule has 2 aromatic carbocycles. The van der Waals surface area contributed by atoms with E-state index in [0.717, 1.165) is 21.8 Å². The van der Waals surface area contributed by atoms with Gasteiger partial charge in [-0.3, -0.25) is 4.79 Å². The number of aryl methyl sites for hydroxylation is 1. The molecule has 0 spiro atoms. The summed E-state index contributed by atoms with van der Waals surface area (Å²) in [5.74, 6) is 0.0871. The average molecular weight is 369 g/mol. The van der Waals surface area contributed by atoms with E-state index >= 15 is 0 Å². The van der Waals surface area contributed by atoms with Crippen LogP contribution in [0.4, 0.5) is 0 Å². The highest BCUT2D eigenvalue weighted by atomic mass is 32.1. The number of benzene rings is 2. The van der Waals surface area contributed by atoms with Crippen LogP contribution in [0.5, 0.6) is 0 Å². The fourth-order valence-electron chi connectivity index (χ4n) is 2.98. The molecule has 1 heterocycles. The van der Waals surface area contributed by atoms with E-state index in [1.165, 1.54) is 15.8 Å². The van der Waals surface area contributed by atoms with Gasteiger partial charge in [0, 0.05) is 6.54 Å². The molecule has 0 saturated carbocycles. The molecule has 0 radical (unpaired) electrons. The molecule has 26 heavy (non-hydrogen) atoms. The second-order valence-corrected chi connectivity index (χ2v) is 7.85. The van der Waals surface area contributed by atoms with Crippen molar-refractivity contribution >= 4 is 27.5 Å². The summed E-state index contributed by atoms with van der Waals surface area (Å²) < 4.78 is 1.20. The van der Waals surface area contributed by atoms with Gasteiger partial charge < -0.3 is 10.2 Å².